The van der Waals surface area contributed by atoms with Crippen LogP contribution in [0.2, 0.25) is 0 Å². The van der Waals surface area contributed by atoms with Crippen molar-refractivity contribution in [3.8, 4) is 0 Å². The molecule has 1 aromatic carbocycles. The summed E-state index contributed by atoms with van der Waals surface area (Å²) in [5, 5.41) is 21.0. The molecular weight excluding hydrogens is 442 g/mol. The van der Waals surface area contributed by atoms with Crippen LogP contribution in [0.3, 0.4) is 0 Å². The summed E-state index contributed by atoms with van der Waals surface area (Å²) in [6, 6.07) is 8.08. The van der Waals surface area contributed by atoms with E-state index < -0.39 is 0 Å². The van der Waals surface area contributed by atoms with E-state index in [0.29, 0.717) is 24.1 Å². The van der Waals surface area contributed by atoms with Crippen LogP contribution in [0.15, 0.2) is 45.4 Å². The maximum atomic E-state index is 12.0. The Labute approximate surface area is 185 Å². The predicted octanol–water partition coefficient (Wildman–Crippen LogP) is 2.59. The van der Waals surface area contributed by atoms with Gasteiger partial charge in [-0.3, -0.25) is 4.79 Å². The predicted molar refractivity (Wildman–Crippen MR) is 117 cm³/mol. The highest BCUT2D eigenvalue weighted by atomic mass is 32.2. The summed E-state index contributed by atoms with van der Waals surface area (Å²) in [4.78, 5) is 16.6. The first kappa shape index (κ1) is 20.8. The highest BCUT2D eigenvalue weighted by Crippen LogP contribution is 2.23. The summed E-state index contributed by atoms with van der Waals surface area (Å²) in [6.45, 7) is 0.550. The Balaban J connectivity index is 1.16. The van der Waals surface area contributed by atoms with Crippen molar-refractivity contribution in [1.29, 1.82) is 0 Å². The van der Waals surface area contributed by atoms with Gasteiger partial charge in [-0.05, 0) is 12.1 Å². The minimum Gasteiger partial charge on any atom is -0.416 e. The molecule has 156 valence electrons. The maximum Gasteiger partial charge on any atom is 0.277 e. The molecule has 1 amide bonds. The van der Waals surface area contributed by atoms with Gasteiger partial charge in [-0.1, -0.05) is 35.7 Å². The number of thiazole rings is 1. The van der Waals surface area contributed by atoms with Crippen LogP contribution in [-0.4, -0.2) is 53.9 Å². The van der Waals surface area contributed by atoms with Crippen LogP contribution in [0.4, 0.5) is 0 Å². The first-order valence-electron chi connectivity index (χ1n) is 9.20. The van der Waals surface area contributed by atoms with E-state index in [4.69, 9.17) is 4.42 Å². The summed E-state index contributed by atoms with van der Waals surface area (Å²) in [5.74, 6) is 1.43. The molecule has 0 aliphatic carbocycles. The molecule has 9 nitrogen and oxygen atoms in total. The third kappa shape index (κ3) is 5.58. The van der Waals surface area contributed by atoms with Gasteiger partial charge in [-0.25, -0.2) is 4.98 Å². The zero-order chi connectivity index (χ0) is 20.8. The van der Waals surface area contributed by atoms with Gasteiger partial charge in [0.1, 0.15) is 6.33 Å². The van der Waals surface area contributed by atoms with E-state index in [-0.39, 0.29) is 11.7 Å². The number of amides is 1. The van der Waals surface area contributed by atoms with Crippen molar-refractivity contribution in [2.75, 3.05) is 18.1 Å². The summed E-state index contributed by atoms with van der Waals surface area (Å²) in [5.41, 5.74) is 1.01. The smallest absolute Gasteiger partial charge is 0.277 e. The average Bonchev–Trinajstić information content (AvgIpc) is 3.47. The van der Waals surface area contributed by atoms with Gasteiger partial charge in [0.2, 0.25) is 11.8 Å². The molecule has 4 aromatic rings. The third-order valence-electron chi connectivity index (χ3n) is 3.99. The molecule has 1 N–H and O–H groups in total. The first-order chi connectivity index (χ1) is 14.7. The molecule has 0 saturated heterocycles. The molecule has 0 unspecified atom stereocenters. The number of hydrogen-bond acceptors (Lipinski definition) is 10. The van der Waals surface area contributed by atoms with E-state index in [2.05, 4.69) is 36.8 Å². The van der Waals surface area contributed by atoms with Crippen molar-refractivity contribution in [3.05, 3.63) is 41.5 Å². The van der Waals surface area contributed by atoms with E-state index in [1.54, 1.807) is 29.4 Å². The Hall–Kier alpha value is -2.44. The number of aryl methyl sites for hydroxylation is 3. The van der Waals surface area contributed by atoms with Gasteiger partial charge < -0.3 is 14.3 Å². The molecule has 3 heterocycles. The van der Waals surface area contributed by atoms with E-state index in [1.807, 2.05) is 29.8 Å². The van der Waals surface area contributed by atoms with Gasteiger partial charge in [-0.15, -0.1) is 31.7 Å². The molecule has 0 aliphatic heterocycles. The Morgan fingerprint density at radius 3 is 2.93 bits per heavy atom. The standard InChI is InChI=1S/C18H19N7O2S3/c1-25-11-20-23-17(25)28-9-8-19-14(26)10-29-18-24-22-15(27-18)6-7-16-21-12-4-2-3-5-13(12)30-16/h2-5,11H,6-10H2,1H3,(H,19,26). The number of nitrogens with one attached hydrogen (secondary N) is 1. The number of hydrogen-bond donors (Lipinski definition) is 1. The summed E-state index contributed by atoms with van der Waals surface area (Å²) in [6.07, 6.45) is 3.02. The minimum absolute atomic E-state index is 0.0761. The maximum absolute atomic E-state index is 12.0. The highest BCUT2D eigenvalue weighted by Gasteiger charge is 2.11. The molecule has 0 fully saturated rings. The molecule has 12 heteroatoms. The van der Waals surface area contributed by atoms with Crippen LogP contribution in [0, 0.1) is 0 Å². The Morgan fingerprint density at radius 2 is 2.10 bits per heavy atom. The zero-order valence-corrected chi connectivity index (χ0v) is 18.6. The van der Waals surface area contributed by atoms with Crippen LogP contribution in [0.25, 0.3) is 10.2 Å². The lowest BCUT2D eigenvalue weighted by Gasteiger charge is -2.03. The first-order valence-corrected chi connectivity index (χ1v) is 12.0. The Kier molecular flexibility index (Phi) is 6.97. The molecular formula is C18H19N7O2S3. The van der Waals surface area contributed by atoms with E-state index in [1.165, 1.54) is 16.5 Å². The molecule has 0 saturated carbocycles. The summed E-state index contributed by atoms with van der Waals surface area (Å²) >= 11 is 4.45. The Morgan fingerprint density at radius 1 is 1.20 bits per heavy atom. The topological polar surface area (TPSA) is 112 Å². The van der Waals surface area contributed by atoms with Crippen LogP contribution in [-0.2, 0) is 24.7 Å². The van der Waals surface area contributed by atoms with Crippen molar-refractivity contribution in [2.45, 2.75) is 23.2 Å². The van der Waals surface area contributed by atoms with E-state index in [0.717, 1.165) is 27.9 Å². The largest absolute Gasteiger partial charge is 0.416 e. The van der Waals surface area contributed by atoms with Crippen LogP contribution in [0.5, 0.6) is 0 Å². The number of nitrogens with zero attached hydrogens (tertiary/aromatic N) is 6. The molecule has 30 heavy (non-hydrogen) atoms. The molecule has 0 spiro atoms. The number of aromatic nitrogens is 6. The van der Waals surface area contributed by atoms with E-state index in [9.17, 15) is 4.79 Å². The molecule has 0 aliphatic rings. The van der Waals surface area contributed by atoms with Crippen LogP contribution in [0.1, 0.15) is 10.9 Å². The molecule has 0 radical (unpaired) electrons. The van der Waals surface area contributed by atoms with Crippen molar-refractivity contribution in [2.24, 2.45) is 7.05 Å². The molecule has 3 aromatic heterocycles. The molecule has 0 bridgehead atoms. The highest BCUT2D eigenvalue weighted by molar-refractivity contribution is 7.99. The van der Waals surface area contributed by atoms with Crippen molar-refractivity contribution < 1.29 is 9.21 Å². The number of para-hydroxylation sites is 1. The molecule has 4 rings (SSSR count). The van der Waals surface area contributed by atoms with Crippen molar-refractivity contribution >= 4 is 51.0 Å². The summed E-state index contributed by atoms with van der Waals surface area (Å²) in [7, 11) is 1.88. The lowest BCUT2D eigenvalue weighted by molar-refractivity contribution is -0.118. The number of carbonyl (C=O) groups is 1. The number of rotatable bonds is 10. The van der Waals surface area contributed by atoms with Crippen molar-refractivity contribution in [3.63, 3.8) is 0 Å². The fraction of sp³-hybridized carbons (Fsp3) is 0.333. The lowest BCUT2D eigenvalue weighted by Crippen LogP contribution is -2.27. The van der Waals surface area contributed by atoms with Gasteiger partial charge >= 0.3 is 0 Å². The SMILES string of the molecule is Cn1cnnc1SCCNC(=O)CSc1nnc(CCc2nc3ccccc3s2)o1. The third-order valence-corrected chi connectivity index (χ3v) is 6.94. The summed E-state index contributed by atoms with van der Waals surface area (Å²) < 4.78 is 8.65. The second kappa shape index (κ2) is 10.0. The second-order valence-corrected chi connectivity index (χ2v) is 9.35. The van der Waals surface area contributed by atoms with Crippen molar-refractivity contribution in [1.82, 2.24) is 35.3 Å². The van der Waals surface area contributed by atoms with Gasteiger partial charge in [0, 0.05) is 32.2 Å². The lowest BCUT2D eigenvalue weighted by atomic mass is 10.3. The average molecular weight is 462 g/mol. The minimum atomic E-state index is -0.0761. The normalized spacial score (nSPS) is 11.2. The quantitative estimate of drug-likeness (QED) is 0.281. The van der Waals surface area contributed by atoms with Gasteiger partial charge in [-0.2, -0.15) is 0 Å². The second-order valence-electron chi connectivity index (χ2n) is 6.25. The monoisotopic (exact) mass is 461 g/mol. The Bertz CT molecular complexity index is 1090. The van der Waals surface area contributed by atoms with Crippen LogP contribution < -0.4 is 5.32 Å². The number of carbonyl (C=O) groups excluding carboxylic acids is 1. The van der Waals surface area contributed by atoms with E-state index >= 15 is 0 Å². The fourth-order valence-electron chi connectivity index (χ4n) is 2.55. The van der Waals surface area contributed by atoms with Gasteiger partial charge in [0.05, 0.1) is 21.0 Å². The number of benzene rings is 1. The number of thioether (sulfide) groups is 2. The number of fused-ring (bicyclic) bond motifs is 1. The van der Waals surface area contributed by atoms with Crippen LogP contribution >= 0.6 is 34.9 Å². The molecule has 0 atom stereocenters. The fourth-order valence-corrected chi connectivity index (χ4v) is 4.87. The zero-order valence-electron chi connectivity index (χ0n) is 16.1. The van der Waals surface area contributed by atoms with Gasteiger partial charge in [0.15, 0.2) is 5.16 Å². The van der Waals surface area contributed by atoms with Gasteiger partial charge in [0.25, 0.3) is 5.22 Å².